The Hall–Kier alpha value is -2.56. The number of nitrogens with zero attached hydrogens (tertiary/aromatic N) is 2. The molecule has 0 fully saturated rings. The van der Waals surface area contributed by atoms with Gasteiger partial charge < -0.3 is 15.2 Å². The molecule has 2 aromatic heterocycles. The van der Waals surface area contributed by atoms with Crippen LogP contribution in [0.25, 0.3) is 21.9 Å². The molecule has 2 heterocycles. The number of fused-ring (bicyclic) bond motifs is 3. The monoisotopic (exact) mass is 324 g/mol. The molecule has 0 spiro atoms. The van der Waals surface area contributed by atoms with Gasteiger partial charge in [-0.2, -0.15) is 0 Å². The van der Waals surface area contributed by atoms with Crippen LogP contribution in [0.5, 0.6) is 0 Å². The van der Waals surface area contributed by atoms with Crippen molar-refractivity contribution in [3.63, 3.8) is 0 Å². The lowest BCUT2D eigenvalue weighted by atomic mass is 10.1. The van der Waals surface area contributed by atoms with Crippen molar-refractivity contribution in [2.45, 2.75) is 33.7 Å². The standard InChI is InChI=1S/C19H24N4O/c1-4-9-20-19(24)21-10-11-23-16-8-6-5-7-15(16)17-13(2)12-14(3)22-18(17)23/h5-8,12H,4,9-11H2,1-3H3,(H2,20,21,24). The van der Waals surface area contributed by atoms with E-state index in [0.717, 1.165) is 23.3 Å². The number of amides is 2. The minimum atomic E-state index is -0.113. The number of hydrogen-bond acceptors (Lipinski definition) is 2. The van der Waals surface area contributed by atoms with Gasteiger partial charge in [0.1, 0.15) is 5.65 Å². The average Bonchev–Trinajstić information content (AvgIpc) is 2.87. The molecule has 0 aliphatic heterocycles. The third-order valence-corrected chi connectivity index (χ3v) is 4.20. The second kappa shape index (κ2) is 6.91. The number of carbonyl (C=O) groups is 1. The summed E-state index contributed by atoms with van der Waals surface area (Å²) in [6.07, 6.45) is 0.933. The predicted molar refractivity (Wildman–Crippen MR) is 98.4 cm³/mol. The number of para-hydroxylation sites is 1. The number of benzene rings is 1. The highest BCUT2D eigenvalue weighted by Gasteiger charge is 2.14. The first-order valence-electron chi connectivity index (χ1n) is 8.48. The SMILES string of the molecule is CCCNC(=O)NCCn1c2ccccc2c2c(C)cc(C)nc21. The fraction of sp³-hybridized carbons (Fsp3) is 0.368. The zero-order chi connectivity index (χ0) is 17.1. The van der Waals surface area contributed by atoms with Crippen LogP contribution >= 0.6 is 0 Å². The minimum absolute atomic E-state index is 0.113. The molecule has 0 bridgehead atoms. The molecule has 0 unspecified atom stereocenters. The van der Waals surface area contributed by atoms with E-state index < -0.39 is 0 Å². The van der Waals surface area contributed by atoms with Crippen molar-refractivity contribution >= 4 is 28.0 Å². The van der Waals surface area contributed by atoms with Gasteiger partial charge in [0.2, 0.25) is 0 Å². The lowest BCUT2D eigenvalue weighted by Crippen LogP contribution is -2.37. The lowest BCUT2D eigenvalue weighted by molar-refractivity contribution is 0.240. The molecule has 5 heteroatoms. The molecule has 24 heavy (non-hydrogen) atoms. The average molecular weight is 324 g/mol. The van der Waals surface area contributed by atoms with E-state index in [0.29, 0.717) is 19.6 Å². The first-order chi connectivity index (χ1) is 11.6. The molecule has 0 aliphatic rings. The van der Waals surface area contributed by atoms with E-state index >= 15 is 0 Å². The van der Waals surface area contributed by atoms with Crippen LogP contribution in [0.4, 0.5) is 4.79 Å². The highest BCUT2D eigenvalue weighted by molar-refractivity contribution is 6.08. The Kier molecular flexibility index (Phi) is 4.69. The number of rotatable bonds is 5. The minimum Gasteiger partial charge on any atom is -0.338 e. The fourth-order valence-corrected chi connectivity index (χ4v) is 3.19. The maximum absolute atomic E-state index is 11.7. The van der Waals surface area contributed by atoms with Crippen LogP contribution < -0.4 is 10.6 Å². The lowest BCUT2D eigenvalue weighted by Gasteiger charge is -2.10. The van der Waals surface area contributed by atoms with E-state index in [1.165, 1.54) is 16.3 Å². The van der Waals surface area contributed by atoms with Crippen molar-refractivity contribution in [3.8, 4) is 0 Å². The predicted octanol–water partition coefficient (Wildman–Crippen LogP) is 3.52. The highest BCUT2D eigenvalue weighted by atomic mass is 16.2. The first-order valence-corrected chi connectivity index (χ1v) is 8.48. The third kappa shape index (κ3) is 3.07. The van der Waals surface area contributed by atoms with Gasteiger partial charge >= 0.3 is 6.03 Å². The van der Waals surface area contributed by atoms with Gasteiger partial charge in [-0.15, -0.1) is 0 Å². The van der Waals surface area contributed by atoms with Gasteiger partial charge in [0.15, 0.2) is 0 Å². The smallest absolute Gasteiger partial charge is 0.314 e. The summed E-state index contributed by atoms with van der Waals surface area (Å²) >= 11 is 0. The Morgan fingerprint density at radius 2 is 1.92 bits per heavy atom. The van der Waals surface area contributed by atoms with E-state index in [1.54, 1.807) is 0 Å². The largest absolute Gasteiger partial charge is 0.338 e. The maximum atomic E-state index is 11.7. The second-order valence-corrected chi connectivity index (χ2v) is 6.13. The van der Waals surface area contributed by atoms with Crippen molar-refractivity contribution in [2.75, 3.05) is 13.1 Å². The molecular weight excluding hydrogens is 300 g/mol. The highest BCUT2D eigenvalue weighted by Crippen LogP contribution is 2.30. The molecule has 0 atom stereocenters. The maximum Gasteiger partial charge on any atom is 0.314 e. The van der Waals surface area contributed by atoms with Crippen LogP contribution in [0.3, 0.4) is 0 Å². The van der Waals surface area contributed by atoms with Crippen molar-refractivity contribution < 1.29 is 4.79 Å². The molecule has 0 saturated carbocycles. The van der Waals surface area contributed by atoms with Crippen LogP contribution in [-0.2, 0) is 6.54 Å². The number of aromatic nitrogens is 2. The zero-order valence-corrected chi connectivity index (χ0v) is 14.5. The van der Waals surface area contributed by atoms with Crippen LogP contribution in [0.15, 0.2) is 30.3 Å². The summed E-state index contributed by atoms with van der Waals surface area (Å²) in [5.74, 6) is 0. The van der Waals surface area contributed by atoms with Crippen LogP contribution in [0.2, 0.25) is 0 Å². The molecule has 5 nitrogen and oxygen atoms in total. The second-order valence-electron chi connectivity index (χ2n) is 6.13. The van der Waals surface area contributed by atoms with Crippen molar-refractivity contribution in [3.05, 3.63) is 41.6 Å². The molecule has 3 aromatic rings. The number of aryl methyl sites for hydroxylation is 2. The van der Waals surface area contributed by atoms with Gasteiger partial charge in [-0.05, 0) is 38.0 Å². The van der Waals surface area contributed by atoms with Crippen molar-refractivity contribution in [1.82, 2.24) is 20.2 Å². The molecule has 0 radical (unpaired) electrons. The molecule has 2 amide bonds. The van der Waals surface area contributed by atoms with E-state index in [9.17, 15) is 4.79 Å². The molecule has 0 saturated heterocycles. The van der Waals surface area contributed by atoms with Crippen LogP contribution in [0, 0.1) is 13.8 Å². The first kappa shape index (κ1) is 16.3. The molecule has 2 N–H and O–H groups in total. The number of carbonyl (C=O) groups excluding carboxylic acids is 1. The Morgan fingerprint density at radius 3 is 2.71 bits per heavy atom. The molecule has 0 aliphatic carbocycles. The Bertz CT molecular complexity index is 882. The van der Waals surface area contributed by atoms with Crippen molar-refractivity contribution in [2.24, 2.45) is 0 Å². The Labute approximate surface area is 142 Å². The molecule has 126 valence electrons. The van der Waals surface area contributed by atoms with E-state index in [2.05, 4.69) is 46.4 Å². The van der Waals surface area contributed by atoms with Gasteiger partial charge in [0.25, 0.3) is 0 Å². The van der Waals surface area contributed by atoms with Crippen LogP contribution in [-0.4, -0.2) is 28.7 Å². The summed E-state index contributed by atoms with van der Waals surface area (Å²) in [6, 6.07) is 10.4. The van der Waals surface area contributed by atoms with Gasteiger partial charge in [0, 0.05) is 36.1 Å². The summed E-state index contributed by atoms with van der Waals surface area (Å²) in [7, 11) is 0. The summed E-state index contributed by atoms with van der Waals surface area (Å²) in [5.41, 5.74) is 4.40. The van der Waals surface area contributed by atoms with Crippen LogP contribution in [0.1, 0.15) is 24.6 Å². The van der Waals surface area contributed by atoms with Gasteiger partial charge in [-0.1, -0.05) is 25.1 Å². The number of urea groups is 1. The molecule has 1 aromatic carbocycles. The number of hydrogen-bond donors (Lipinski definition) is 2. The summed E-state index contributed by atoms with van der Waals surface area (Å²) in [4.78, 5) is 16.5. The van der Waals surface area contributed by atoms with Crippen molar-refractivity contribution in [1.29, 1.82) is 0 Å². The quantitative estimate of drug-likeness (QED) is 0.754. The van der Waals surface area contributed by atoms with E-state index in [1.807, 2.05) is 19.9 Å². The normalized spacial score (nSPS) is 11.1. The Morgan fingerprint density at radius 1 is 1.17 bits per heavy atom. The van der Waals surface area contributed by atoms with Gasteiger partial charge in [0.05, 0.1) is 5.52 Å². The summed E-state index contributed by atoms with van der Waals surface area (Å²) in [5, 5.41) is 8.16. The van der Waals surface area contributed by atoms with E-state index in [4.69, 9.17) is 4.98 Å². The fourth-order valence-electron chi connectivity index (χ4n) is 3.19. The summed E-state index contributed by atoms with van der Waals surface area (Å²) in [6.45, 7) is 8.14. The van der Waals surface area contributed by atoms with Gasteiger partial charge in [-0.25, -0.2) is 9.78 Å². The van der Waals surface area contributed by atoms with E-state index in [-0.39, 0.29) is 6.03 Å². The van der Waals surface area contributed by atoms with Gasteiger partial charge in [-0.3, -0.25) is 0 Å². The Balaban J connectivity index is 1.92. The summed E-state index contributed by atoms with van der Waals surface area (Å²) < 4.78 is 2.20. The molecular formula is C19H24N4O. The number of pyridine rings is 1. The topological polar surface area (TPSA) is 59.0 Å². The zero-order valence-electron chi connectivity index (χ0n) is 14.5. The number of nitrogens with one attached hydrogen (secondary N) is 2. The molecule has 3 rings (SSSR count). The third-order valence-electron chi connectivity index (χ3n) is 4.20.